The van der Waals surface area contributed by atoms with Crippen molar-refractivity contribution in [3.63, 3.8) is 0 Å². The average Bonchev–Trinajstić information content (AvgIpc) is 2.69. The van der Waals surface area contributed by atoms with E-state index in [1.807, 2.05) is 0 Å². The summed E-state index contributed by atoms with van der Waals surface area (Å²) in [6, 6.07) is 6.08. The number of hydrogen-bond acceptors (Lipinski definition) is 5. The maximum absolute atomic E-state index is 12.8. The van der Waals surface area contributed by atoms with Crippen LogP contribution in [0.5, 0.6) is 0 Å². The predicted octanol–water partition coefficient (Wildman–Crippen LogP) is 0.203. The van der Waals surface area contributed by atoms with Crippen LogP contribution in [0.15, 0.2) is 24.3 Å². The van der Waals surface area contributed by atoms with Gasteiger partial charge in [0.1, 0.15) is 6.04 Å². The zero-order valence-electron chi connectivity index (χ0n) is 15.6. The van der Waals surface area contributed by atoms with E-state index in [1.165, 1.54) is 11.0 Å². The number of fused-ring (bicyclic) bond motifs is 1. The average molecular weight is 372 g/mol. The number of nitrogens with one attached hydrogen (secondary N) is 1. The number of piperazine rings is 2. The van der Waals surface area contributed by atoms with Crippen LogP contribution in [0.1, 0.15) is 23.7 Å². The number of para-hydroxylation sites is 1. The molecule has 0 aromatic heterocycles. The maximum atomic E-state index is 12.8. The Balaban J connectivity index is 1.75. The van der Waals surface area contributed by atoms with Crippen molar-refractivity contribution in [3.8, 4) is 0 Å². The second kappa shape index (κ2) is 7.87. The molecule has 1 aromatic carbocycles. The highest BCUT2D eigenvalue weighted by Crippen LogP contribution is 2.20. The monoisotopic (exact) mass is 372 g/mol. The van der Waals surface area contributed by atoms with E-state index in [1.54, 1.807) is 37.1 Å². The summed E-state index contributed by atoms with van der Waals surface area (Å²) in [6.45, 7) is 4.33. The fraction of sp³-hybridized carbons (Fsp3) is 0.474. The molecule has 2 heterocycles. The lowest BCUT2D eigenvalue weighted by atomic mass is 10.0. The second-order valence-electron chi connectivity index (χ2n) is 6.84. The van der Waals surface area contributed by atoms with Crippen molar-refractivity contribution < 1.29 is 19.2 Å². The van der Waals surface area contributed by atoms with Crippen molar-refractivity contribution >= 4 is 29.2 Å². The molecule has 2 aliphatic rings. The van der Waals surface area contributed by atoms with Crippen molar-refractivity contribution in [2.75, 3.05) is 45.1 Å². The number of carbonyl (C=O) groups excluding carboxylic acids is 4. The minimum absolute atomic E-state index is 0.0261. The standard InChI is InChI=1S/C19H24N4O4/c1-3-16(24)20-14-7-5-4-6-13(14)17(25)19(27)23-11-10-22-9-8-21(2)18(26)15(22)12-23/h4-7,15H,3,8-12H2,1-2H3,(H,20,24)/t15-/m1/s1. The van der Waals surface area contributed by atoms with Gasteiger partial charge in [-0.25, -0.2) is 0 Å². The van der Waals surface area contributed by atoms with Crippen LogP contribution in [0.2, 0.25) is 0 Å². The first-order chi connectivity index (χ1) is 12.9. The van der Waals surface area contributed by atoms with Crippen LogP contribution in [0, 0.1) is 0 Å². The van der Waals surface area contributed by atoms with Gasteiger partial charge in [-0.1, -0.05) is 19.1 Å². The van der Waals surface area contributed by atoms with Gasteiger partial charge in [-0.15, -0.1) is 0 Å². The summed E-state index contributed by atoms with van der Waals surface area (Å²) in [7, 11) is 1.75. The Morgan fingerprint density at radius 3 is 2.56 bits per heavy atom. The number of carbonyl (C=O) groups is 4. The van der Waals surface area contributed by atoms with Crippen molar-refractivity contribution in [2.45, 2.75) is 19.4 Å². The van der Waals surface area contributed by atoms with Gasteiger partial charge in [-0.2, -0.15) is 0 Å². The normalized spacial score (nSPS) is 20.2. The molecule has 144 valence electrons. The van der Waals surface area contributed by atoms with Crippen LogP contribution in [-0.2, 0) is 14.4 Å². The molecule has 2 fully saturated rings. The van der Waals surface area contributed by atoms with E-state index in [9.17, 15) is 19.2 Å². The van der Waals surface area contributed by atoms with Gasteiger partial charge < -0.3 is 15.1 Å². The van der Waals surface area contributed by atoms with Crippen LogP contribution >= 0.6 is 0 Å². The highest BCUT2D eigenvalue weighted by molar-refractivity contribution is 6.44. The Morgan fingerprint density at radius 2 is 1.81 bits per heavy atom. The summed E-state index contributed by atoms with van der Waals surface area (Å²) >= 11 is 0. The van der Waals surface area contributed by atoms with Crippen molar-refractivity contribution in [3.05, 3.63) is 29.8 Å². The van der Waals surface area contributed by atoms with E-state index in [2.05, 4.69) is 10.2 Å². The highest BCUT2D eigenvalue weighted by Gasteiger charge is 2.40. The molecule has 0 unspecified atom stereocenters. The van der Waals surface area contributed by atoms with Crippen molar-refractivity contribution in [1.82, 2.24) is 14.7 Å². The molecule has 1 N–H and O–H groups in total. The second-order valence-corrected chi connectivity index (χ2v) is 6.84. The Kier molecular flexibility index (Phi) is 5.55. The number of amides is 3. The molecular formula is C19H24N4O4. The molecule has 8 nitrogen and oxygen atoms in total. The highest BCUT2D eigenvalue weighted by atomic mass is 16.2. The third kappa shape index (κ3) is 3.85. The fourth-order valence-electron chi connectivity index (χ4n) is 3.44. The van der Waals surface area contributed by atoms with E-state index in [0.717, 1.165) is 6.54 Å². The molecule has 0 saturated carbocycles. The maximum Gasteiger partial charge on any atom is 0.295 e. The van der Waals surface area contributed by atoms with E-state index in [4.69, 9.17) is 0 Å². The molecule has 1 aromatic rings. The number of ketones is 1. The largest absolute Gasteiger partial charge is 0.343 e. The molecular weight excluding hydrogens is 348 g/mol. The number of hydrogen-bond donors (Lipinski definition) is 1. The van der Waals surface area contributed by atoms with Gasteiger partial charge in [0, 0.05) is 46.2 Å². The molecule has 1 atom stereocenters. The minimum atomic E-state index is -0.674. The van der Waals surface area contributed by atoms with Gasteiger partial charge in [-0.05, 0) is 12.1 Å². The summed E-state index contributed by atoms with van der Waals surface area (Å²) in [5.74, 6) is -1.57. The predicted molar refractivity (Wildman–Crippen MR) is 99.3 cm³/mol. The van der Waals surface area contributed by atoms with Crippen LogP contribution in [0.3, 0.4) is 0 Å². The van der Waals surface area contributed by atoms with Crippen molar-refractivity contribution in [2.24, 2.45) is 0 Å². The van der Waals surface area contributed by atoms with Gasteiger partial charge in [-0.3, -0.25) is 24.1 Å². The molecule has 3 rings (SSSR count). The molecule has 0 bridgehead atoms. The van der Waals surface area contributed by atoms with Crippen LogP contribution in [0.25, 0.3) is 0 Å². The third-order valence-corrected chi connectivity index (χ3v) is 5.12. The number of anilines is 1. The quantitative estimate of drug-likeness (QED) is 0.603. The zero-order valence-corrected chi connectivity index (χ0v) is 15.6. The summed E-state index contributed by atoms with van der Waals surface area (Å²) in [5.41, 5.74) is 0.494. The third-order valence-electron chi connectivity index (χ3n) is 5.12. The summed E-state index contributed by atoms with van der Waals surface area (Å²) in [5, 5.41) is 2.66. The number of rotatable bonds is 4. The molecule has 0 aliphatic carbocycles. The molecule has 8 heteroatoms. The Morgan fingerprint density at radius 1 is 1.11 bits per heavy atom. The Bertz CT molecular complexity index is 779. The lowest BCUT2D eigenvalue weighted by Gasteiger charge is -2.45. The summed E-state index contributed by atoms with van der Waals surface area (Å²) in [4.78, 5) is 54.8. The van der Waals surface area contributed by atoms with E-state index in [0.29, 0.717) is 25.3 Å². The smallest absolute Gasteiger partial charge is 0.295 e. The Hall–Kier alpha value is -2.74. The SMILES string of the molecule is CCC(=O)Nc1ccccc1C(=O)C(=O)N1CCN2CCN(C)C(=O)[C@H]2C1. The first-order valence-electron chi connectivity index (χ1n) is 9.14. The van der Waals surface area contributed by atoms with E-state index in [-0.39, 0.29) is 30.3 Å². The molecule has 2 saturated heterocycles. The van der Waals surface area contributed by atoms with Gasteiger partial charge in [0.2, 0.25) is 11.8 Å². The summed E-state index contributed by atoms with van der Waals surface area (Å²) < 4.78 is 0. The number of Topliss-reactive ketones (excluding diaryl/α,β-unsaturated/α-hetero) is 1. The number of benzene rings is 1. The first-order valence-corrected chi connectivity index (χ1v) is 9.14. The summed E-state index contributed by atoms with van der Waals surface area (Å²) in [6.07, 6.45) is 0.274. The van der Waals surface area contributed by atoms with E-state index >= 15 is 0 Å². The minimum Gasteiger partial charge on any atom is -0.343 e. The lowest BCUT2D eigenvalue weighted by Crippen LogP contribution is -2.65. The van der Waals surface area contributed by atoms with E-state index < -0.39 is 17.7 Å². The van der Waals surface area contributed by atoms with Gasteiger partial charge in [0.15, 0.2) is 0 Å². The number of likely N-dealkylation sites (N-methyl/N-ethyl adjacent to an activating group) is 1. The Labute approximate surface area is 158 Å². The van der Waals surface area contributed by atoms with Crippen LogP contribution in [0.4, 0.5) is 5.69 Å². The molecule has 2 aliphatic heterocycles. The molecule has 3 amide bonds. The van der Waals surface area contributed by atoms with Crippen LogP contribution < -0.4 is 5.32 Å². The van der Waals surface area contributed by atoms with Gasteiger partial charge in [0.25, 0.3) is 11.7 Å². The van der Waals surface area contributed by atoms with Gasteiger partial charge in [0.05, 0.1) is 11.3 Å². The van der Waals surface area contributed by atoms with Crippen LogP contribution in [-0.4, -0.2) is 84.0 Å². The zero-order chi connectivity index (χ0) is 19.6. The molecule has 0 spiro atoms. The fourth-order valence-corrected chi connectivity index (χ4v) is 3.44. The van der Waals surface area contributed by atoms with Crippen molar-refractivity contribution in [1.29, 1.82) is 0 Å². The topological polar surface area (TPSA) is 90.0 Å². The first kappa shape index (κ1) is 19.0. The molecule has 0 radical (unpaired) electrons. The molecule has 27 heavy (non-hydrogen) atoms. The number of nitrogens with zero attached hydrogens (tertiary/aromatic N) is 3. The van der Waals surface area contributed by atoms with Gasteiger partial charge >= 0.3 is 0 Å². The lowest BCUT2D eigenvalue weighted by molar-refractivity contribution is -0.146.